The summed E-state index contributed by atoms with van der Waals surface area (Å²) in [6, 6.07) is 21.7. The summed E-state index contributed by atoms with van der Waals surface area (Å²) in [5.41, 5.74) is 2.48. The summed E-state index contributed by atoms with van der Waals surface area (Å²) in [5, 5.41) is 15.9. The van der Waals surface area contributed by atoms with E-state index in [1.54, 1.807) is 18.3 Å². The van der Waals surface area contributed by atoms with Gasteiger partial charge in [0.05, 0.1) is 11.0 Å². The molecule has 1 saturated carbocycles. The van der Waals surface area contributed by atoms with Gasteiger partial charge >= 0.3 is 0 Å². The number of aromatic nitrogens is 4. The van der Waals surface area contributed by atoms with Crippen LogP contribution in [-0.2, 0) is 4.79 Å². The Morgan fingerprint density at radius 2 is 1.82 bits per heavy atom. The number of amides is 1. The molecule has 8 nitrogen and oxygen atoms in total. The van der Waals surface area contributed by atoms with Crippen LogP contribution in [0.25, 0.3) is 39.0 Å². The first-order valence-corrected chi connectivity index (χ1v) is 13.2. The summed E-state index contributed by atoms with van der Waals surface area (Å²) in [5.74, 6) is 2.63. The largest absolute Gasteiger partial charge is 0.508 e. The van der Waals surface area contributed by atoms with Crippen molar-refractivity contribution in [2.45, 2.75) is 31.7 Å². The lowest BCUT2D eigenvalue weighted by Crippen LogP contribution is -2.45. The number of phenolic OH excluding ortho intramolecular Hbond substituents is 1. The lowest BCUT2D eigenvalue weighted by molar-refractivity contribution is -0.133. The number of carbonyl (C=O) groups excluding carboxylic acids is 1. The maximum atomic E-state index is 12.6. The number of likely N-dealkylation sites (tertiary alicyclic amines) is 1. The molecule has 0 bridgehead atoms. The van der Waals surface area contributed by atoms with Crippen LogP contribution >= 0.6 is 0 Å². The molecular weight excluding hydrogens is 476 g/mol. The molecule has 7 rings (SSSR count). The molecule has 1 unspecified atom stereocenters. The summed E-state index contributed by atoms with van der Waals surface area (Å²) in [6.45, 7) is 1.51. The van der Waals surface area contributed by atoms with Crippen LogP contribution in [0.2, 0.25) is 0 Å². The second-order valence-corrected chi connectivity index (χ2v) is 10.3. The van der Waals surface area contributed by atoms with Crippen molar-refractivity contribution in [1.29, 1.82) is 0 Å². The predicted molar refractivity (Wildman–Crippen MR) is 147 cm³/mol. The van der Waals surface area contributed by atoms with E-state index in [-0.39, 0.29) is 17.7 Å². The first kappa shape index (κ1) is 22.7. The van der Waals surface area contributed by atoms with Gasteiger partial charge in [0.1, 0.15) is 17.4 Å². The first-order valence-electron chi connectivity index (χ1n) is 13.2. The fraction of sp³-hybridized carbons (Fsp3) is 0.267. The molecule has 1 aliphatic heterocycles. The molecule has 5 aromatic rings. The highest BCUT2D eigenvalue weighted by molar-refractivity contribution is 5.89. The van der Waals surface area contributed by atoms with Gasteiger partial charge in [0.2, 0.25) is 11.9 Å². The Bertz CT molecular complexity index is 1670. The number of hydrogen-bond donors (Lipinski definition) is 2. The molecule has 2 N–H and O–H groups in total. The van der Waals surface area contributed by atoms with Crippen molar-refractivity contribution in [3.8, 4) is 23.0 Å². The van der Waals surface area contributed by atoms with Crippen LogP contribution in [0, 0.1) is 5.92 Å². The van der Waals surface area contributed by atoms with Crippen molar-refractivity contribution in [1.82, 2.24) is 24.4 Å². The molecule has 2 aromatic heterocycles. The van der Waals surface area contributed by atoms with E-state index in [2.05, 4.69) is 40.6 Å². The Balaban J connectivity index is 1.26. The molecule has 1 amide bonds. The van der Waals surface area contributed by atoms with E-state index in [0.29, 0.717) is 29.7 Å². The van der Waals surface area contributed by atoms with E-state index in [0.717, 1.165) is 59.9 Å². The van der Waals surface area contributed by atoms with Crippen molar-refractivity contribution < 1.29 is 9.90 Å². The smallest absolute Gasteiger partial charge is 0.225 e. The van der Waals surface area contributed by atoms with E-state index in [9.17, 15) is 9.90 Å². The topological polar surface area (TPSA) is 96.2 Å². The average molecular weight is 505 g/mol. The third-order valence-electron chi connectivity index (χ3n) is 7.51. The third kappa shape index (κ3) is 4.22. The molecule has 1 atom stereocenters. The molecule has 3 aromatic carbocycles. The van der Waals surface area contributed by atoms with Crippen LogP contribution < -0.4 is 5.32 Å². The average Bonchev–Trinajstić information content (AvgIpc) is 3.73. The number of benzene rings is 3. The molecule has 0 radical (unpaired) electrons. The zero-order valence-electron chi connectivity index (χ0n) is 20.9. The van der Waals surface area contributed by atoms with Crippen LogP contribution in [0.3, 0.4) is 0 Å². The van der Waals surface area contributed by atoms with E-state index >= 15 is 0 Å². The van der Waals surface area contributed by atoms with Gasteiger partial charge in [-0.25, -0.2) is 9.97 Å². The summed E-state index contributed by atoms with van der Waals surface area (Å²) >= 11 is 0. The van der Waals surface area contributed by atoms with Gasteiger partial charge < -0.3 is 15.3 Å². The van der Waals surface area contributed by atoms with Gasteiger partial charge in [0.25, 0.3) is 0 Å². The van der Waals surface area contributed by atoms with Gasteiger partial charge in [-0.15, -0.1) is 0 Å². The molecule has 2 aliphatic rings. The van der Waals surface area contributed by atoms with E-state index in [1.165, 1.54) is 0 Å². The molecule has 1 saturated heterocycles. The number of nitrogens with zero attached hydrogens (tertiary/aromatic N) is 5. The minimum absolute atomic E-state index is 0.109. The fourth-order valence-electron chi connectivity index (χ4n) is 5.43. The molecule has 190 valence electrons. The Hall–Kier alpha value is -4.46. The van der Waals surface area contributed by atoms with Gasteiger partial charge in [-0.05, 0) is 60.7 Å². The minimum Gasteiger partial charge on any atom is -0.508 e. The third-order valence-corrected chi connectivity index (χ3v) is 7.51. The lowest BCUT2D eigenvalue weighted by Gasteiger charge is -2.33. The summed E-state index contributed by atoms with van der Waals surface area (Å²) in [7, 11) is 0. The first-order chi connectivity index (χ1) is 18.6. The molecule has 2 fully saturated rings. The van der Waals surface area contributed by atoms with E-state index in [4.69, 9.17) is 9.97 Å². The number of fused-ring (bicyclic) bond motifs is 2. The van der Waals surface area contributed by atoms with Gasteiger partial charge in [-0.2, -0.15) is 4.98 Å². The number of anilines is 1. The summed E-state index contributed by atoms with van der Waals surface area (Å²) in [4.78, 5) is 28.9. The summed E-state index contributed by atoms with van der Waals surface area (Å²) in [6.07, 6.45) is 5.73. The number of aromatic hydroxyl groups is 1. The van der Waals surface area contributed by atoms with Crippen molar-refractivity contribution in [3.63, 3.8) is 0 Å². The highest BCUT2D eigenvalue weighted by Crippen LogP contribution is 2.33. The number of imidazole rings is 1. The van der Waals surface area contributed by atoms with E-state index in [1.807, 2.05) is 33.7 Å². The second kappa shape index (κ2) is 9.13. The summed E-state index contributed by atoms with van der Waals surface area (Å²) < 4.78 is 2.01. The highest BCUT2D eigenvalue weighted by atomic mass is 16.3. The van der Waals surface area contributed by atoms with Crippen molar-refractivity contribution >= 4 is 33.7 Å². The molecule has 3 heterocycles. The standard InChI is InChI=1S/C30H28N6O2/c37-24-11-12-26-25(17-24)33-28(22-10-7-19-4-1-2-5-21(19)16-22)36(26)27-13-14-31-30(34-27)32-23-6-3-15-35(18-23)29(38)20-8-9-20/h1-2,4-5,7,10-14,16-17,20,23,37H,3,6,8-9,15,18H2,(H,31,32,34). The molecular formula is C30H28N6O2. The Morgan fingerprint density at radius 3 is 2.68 bits per heavy atom. The number of carbonyl (C=O) groups is 1. The molecule has 8 heteroatoms. The van der Waals surface area contributed by atoms with E-state index < -0.39 is 0 Å². The van der Waals surface area contributed by atoms with Crippen LogP contribution in [0.4, 0.5) is 5.95 Å². The van der Waals surface area contributed by atoms with Gasteiger partial charge in [0, 0.05) is 42.9 Å². The molecule has 38 heavy (non-hydrogen) atoms. The van der Waals surface area contributed by atoms with Gasteiger partial charge in [-0.3, -0.25) is 9.36 Å². The van der Waals surface area contributed by atoms with Crippen LogP contribution in [0.1, 0.15) is 25.7 Å². The monoisotopic (exact) mass is 504 g/mol. The normalized spacial score (nSPS) is 17.7. The highest BCUT2D eigenvalue weighted by Gasteiger charge is 2.35. The maximum Gasteiger partial charge on any atom is 0.225 e. The molecule has 1 aliphatic carbocycles. The fourth-order valence-corrected chi connectivity index (χ4v) is 5.43. The Kier molecular flexibility index (Phi) is 5.46. The van der Waals surface area contributed by atoms with Gasteiger partial charge in [0.15, 0.2) is 0 Å². The van der Waals surface area contributed by atoms with Crippen LogP contribution in [0.15, 0.2) is 72.9 Å². The second-order valence-electron chi connectivity index (χ2n) is 10.3. The number of nitrogens with one attached hydrogen (secondary N) is 1. The zero-order chi connectivity index (χ0) is 25.6. The van der Waals surface area contributed by atoms with Crippen LogP contribution in [0.5, 0.6) is 5.75 Å². The maximum absolute atomic E-state index is 12.6. The molecule has 0 spiro atoms. The van der Waals surface area contributed by atoms with Crippen molar-refractivity contribution in [2.24, 2.45) is 5.92 Å². The predicted octanol–water partition coefficient (Wildman–Crippen LogP) is 5.15. The number of piperidine rings is 1. The van der Waals surface area contributed by atoms with Gasteiger partial charge in [-0.1, -0.05) is 36.4 Å². The van der Waals surface area contributed by atoms with Crippen LogP contribution in [-0.4, -0.2) is 54.6 Å². The Morgan fingerprint density at radius 1 is 0.947 bits per heavy atom. The minimum atomic E-state index is 0.109. The quantitative estimate of drug-likeness (QED) is 0.344. The lowest BCUT2D eigenvalue weighted by atomic mass is 10.1. The number of phenols is 1. The SMILES string of the molecule is O=C(C1CC1)N1CCCC(Nc2nccc(-n3c(-c4ccc5ccccc5c4)nc4cc(O)ccc43)n2)C1. The number of rotatable bonds is 5. The Labute approximate surface area is 220 Å². The zero-order valence-corrected chi connectivity index (χ0v) is 20.9. The number of hydrogen-bond acceptors (Lipinski definition) is 6. The van der Waals surface area contributed by atoms with Crippen molar-refractivity contribution in [2.75, 3.05) is 18.4 Å². The van der Waals surface area contributed by atoms with Crippen molar-refractivity contribution in [3.05, 3.63) is 72.9 Å².